The monoisotopic (exact) mass is 331 g/mol. The smallest absolute Gasteiger partial charge is 0.238 e. The number of benzene rings is 1. The second-order valence-corrected chi connectivity index (χ2v) is 6.59. The Bertz CT molecular complexity index is 494. The maximum Gasteiger partial charge on any atom is 0.238 e. The Morgan fingerprint density at radius 3 is 2.86 bits per heavy atom. The van der Waals surface area contributed by atoms with Crippen LogP contribution < -0.4 is 11.1 Å². The predicted molar refractivity (Wildman–Crippen MR) is 90.1 cm³/mol. The molecule has 1 atom stereocenters. The van der Waals surface area contributed by atoms with Gasteiger partial charge in [0.15, 0.2) is 0 Å². The minimum atomic E-state index is -0.0152. The van der Waals surface area contributed by atoms with E-state index in [2.05, 4.69) is 24.1 Å². The molecule has 118 valence electrons. The van der Waals surface area contributed by atoms with Gasteiger partial charge in [0.05, 0.1) is 6.54 Å². The van der Waals surface area contributed by atoms with Crippen molar-refractivity contribution in [3.63, 3.8) is 0 Å². The number of nitrogens with two attached hydrogens (primary N) is 1. The van der Waals surface area contributed by atoms with Gasteiger partial charge in [-0.2, -0.15) is 0 Å². The highest BCUT2D eigenvalue weighted by Crippen LogP contribution is 2.27. The van der Waals surface area contributed by atoms with Crippen LogP contribution in [-0.4, -0.2) is 36.5 Å². The van der Waals surface area contributed by atoms with Crippen LogP contribution in [0.4, 0.5) is 5.69 Å². The van der Waals surface area contributed by atoms with Crippen molar-refractivity contribution in [1.29, 1.82) is 0 Å². The fourth-order valence-electron chi connectivity index (χ4n) is 2.59. The van der Waals surface area contributed by atoms with Crippen LogP contribution >= 0.6 is 24.0 Å². The van der Waals surface area contributed by atoms with Gasteiger partial charge in [0.1, 0.15) is 0 Å². The Morgan fingerprint density at radius 1 is 1.52 bits per heavy atom. The van der Waals surface area contributed by atoms with Gasteiger partial charge < -0.3 is 11.1 Å². The molecule has 1 unspecified atom stereocenters. The maximum atomic E-state index is 12.1. The molecule has 1 aromatic carbocycles. The number of halogens is 2. The molecule has 21 heavy (non-hydrogen) atoms. The molecule has 1 aliphatic heterocycles. The first kappa shape index (κ1) is 18.2. The lowest BCUT2D eigenvalue weighted by molar-refractivity contribution is -0.118. The summed E-state index contributed by atoms with van der Waals surface area (Å²) >= 11 is 5.90. The molecule has 1 aliphatic rings. The third-order valence-corrected chi connectivity index (χ3v) is 4.10. The second kappa shape index (κ2) is 7.45. The van der Waals surface area contributed by atoms with Gasteiger partial charge in [-0.25, -0.2) is 0 Å². The van der Waals surface area contributed by atoms with Crippen LogP contribution in [0.3, 0.4) is 0 Å². The molecule has 0 bridgehead atoms. The van der Waals surface area contributed by atoms with Crippen molar-refractivity contribution in [2.24, 2.45) is 11.1 Å². The number of hydrogen-bond donors (Lipinski definition) is 2. The van der Waals surface area contributed by atoms with E-state index in [0.29, 0.717) is 11.6 Å². The Hall–Kier alpha value is -0.810. The highest BCUT2D eigenvalue weighted by Gasteiger charge is 2.33. The molecule has 1 saturated heterocycles. The zero-order valence-electron chi connectivity index (χ0n) is 12.4. The van der Waals surface area contributed by atoms with Crippen LogP contribution in [0, 0.1) is 5.41 Å². The quantitative estimate of drug-likeness (QED) is 0.895. The number of rotatable bonds is 3. The maximum absolute atomic E-state index is 12.1. The Labute approximate surface area is 137 Å². The standard InChI is InChI=1S/C15H22ClN3O.ClH/c1-15(2)10-19(7-6-13(15)17)9-14(20)18-12-5-3-4-11(16)8-12;/h3-5,8,13H,6-7,9-10,17H2,1-2H3,(H,18,20);1H. The summed E-state index contributed by atoms with van der Waals surface area (Å²) in [6, 6.07) is 7.39. The molecular formula is C15H23Cl2N3O. The van der Waals surface area contributed by atoms with Crippen molar-refractivity contribution in [2.75, 3.05) is 25.0 Å². The number of hydrogen-bond acceptors (Lipinski definition) is 3. The van der Waals surface area contributed by atoms with E-state index in [4.69, 9.17) is 17.3 Å². The number of carbonyl (C=O) groups is 1. The molecule has 1 fully saturated rings. The lowest BCUT2D eigenvalue weighted by Crippen LogP contribution is -2.53. The molecule has 6 heteroatoms. The number of anilines is 1. The third kappa shape index (κ3) is 5.15. The van der Waals surface area contributed by atoms with Gasteiger partial charge in [0.2, 0.25) is 5.91 Å². The van der Waals surface area contributed by atoms with Gasteiger partial charge in [0.25, 0.3) is 0 Å². The number of piperidine rings is 1. The molecule has 4 nitrogen and oxygen atoms in total. The summed E-state index contributed by atoms with van der Waals surface area (Å²) in [6.45, 7) is 6.41. The summed E-state index contributed by atoms with van der Waals surface area (Å²) < 4.78 is 0. The van der Waals surface area contributed by atoms with E-state index in [1.165, 1.54) is 0 Å². The molecule has 1 aromatic rings. The highest BCUT2D eigenvalue weighted by atomic mass is 35.5. The van der Waals surface area contributed by atoms with Gasteiger partial charge in [-0.1, -0.05) is 31.5 Å². The average molecular weight is 332 g/mol. The fraction of sp³-hybridized carbons (Fsp3) is 0.533. The van der Waals surface area contributed by atoms with E-state index in [1.807, 2.05) is 12.1 Å². The van der Waals surface area contributed by atoms with Crippen LogP contribution in [-0.2, 0) is 4.79 Å². The molecule has 0 spiro atoms. The zero-order chi connectivity index (χ0) is 14.8. The van der Waals surface area contributed by atoms with Crippen LogP contribution in [0.2, 0.25) is 5.02 Å². The topological polar surface area (TPSA) is 58.4 Å². The SMILES string of the molecule is CC1(C)CN(CC(=O)Nc2cccc(Cl)c2)CCC1N.Cl. The molecular weight excluding hydrogens is 309 g/mol. The number of amides is 1. The van der Waals surface area contributed by atoms with E-state index < -0.39 is 0 Å². The number of nitrogens with one attached hydrogen (secondary N) is 1. The Balaban J connectivity index is 0.00000220. The Kier molecular flexibility index (Phi) is 6.47. The van der Waals surface area contributed by atoms with E-state index in [0.717, 1.165) is 25.2 Å². The van der Waals surface area contributed by atoms with Gasteiger partial charge in [-0.3, -0.25) is 9.69 Å². The van der Waals surface area contributed by atoms with Crippen molar-refractivity contribution in [2.45, 2.75) is 26.3 Å². The first-order chi connectivity index (χ1) is 9.37. The van der Waals surface area contributed by atoms with Crippen molar-refractivity contribution in [3.05, 3.63) is 29.3 Å². The van der Waals surface area contributed by atoms with Crippen LogP contribution in [0.15, 0.2) is 24.3 Å². The van der Waals surface area contributed by atoms with E-state index in [9.17, 15) is 4.79 Å². The molecule has 0 aromatic heterocycles. The van der Waals surface area contributed by atoms with E-state index >= 15 is 0 Å². The minimum absolute atomic E-state index is 0. The first-order valence-electron chi connectivity index (χ1n) is 6.90. The summed E-state index contributed by atoms with van der Waals surface area (Å²) in [5.41, 5.74) is 6.89. The highest BCUT2D eigenvalue weighted by molar-refractivity contribution is 6.30. The summed E-state index contributed by atoms with van der Waals surface area (Å²) in [6.07, 6.45) is 0.928. The lowest BCUT2D eigenvalue weighted by Gasteiger charge is -2.42. The number of carbonyl (C=O) groups excluding carboxylic acids is 1. The van der Waals surface area contributed by atoms with Gasteiger partial charge in [0, 0.05) is 29.8 Å². The number of nitrogens with zero attached hydrogens (tertiary/aromatic N) is 1. The van der Waals surface area contributed by atoms with Crippen LogP contribution in [0.5, 0.6) is 0 Å². The Morgan fingerprint density at radius 2 is 2.24 bits per heavy atom. The summed E-state index contributed by atoms with van der Waals surface area (Å²) in [5.74, 6) is -0.0152. The van der Waals surface area contributed by atoms with Gasteiger partial charge >= 0.3 is 0 Å². The normalized spacial score (nSPS) is 21.4. The lowest BCUT2D eigenvalue weighted by atomic mass is 9.80. The molecule has 0 radical (unpaired) electrons. The average Bonchev–Trinajstić information content (AvgIpc) is 2.33. The molecule has 3 N–H and O–H groups in total. The second-order valence-electron chi connectivity index (χ2n) is 6.15. The van der Waals surface area contributed by atoms with Crippen LogP contribution in [0.1, 0.15) is 20.3 Å². The zero-order valence-corrected chi connectivity index (χ0v) is 14.0. The first-order valence-corrected chi connectivity index (χ1v) is 7.28. The molecule has 1 heterocycles. The fourth-order valence-corrected chi connectivity index (χ4v) is 2.78. The molecule has 2 rings (SSSR count). The molecule has 0 saturated carbocycles. The number of likely N-dealkylation sites (tertiary alicyclic amines) is 1. The van der Waals surface area contributed by atoms with Crippen LogP contribution in [0.25, 0.3) is 0 Å². The van der Waals surface area contributed by atoms with Crippen molar-refractivity contribution in [3.8, 4) is 0 Å². The van der Waals surface area contributed by atoms with Gasteiger partial charge in [-0.05, 0) is 30.0 Å². The summed E-state index contributed by atoms with van der Waals surface area (Å²) in [4.78, 5) is 14.2. The van der Waals surface area contributed by atoms with Gasteiger partial charge in [-0.15, -0.1) is 12.4 Å². The van der Waals surface area contributed by atoms with Crippen molar-refractivity contribution >= 4 is 35.6 Å². The van der Waals surface area contributed by atoms with Crippen molar-refractivity contribution in [1.82, 2.24) is 4.90 Å². The van der Waals surface area contributed by atoms with E-state index in [1.54, 1.807) is 12.1 Å². The molecule has 0 aliphatic carbocycles. The third-order valence-electron chi connectivity index (χ3n) is 3.87. The van der Waals surface area contributed by atoms with Crippen molar-refractivity contribution < 1.29 is 4.79 Å². The molecule has 1 amide bonds. The summed E-state index contributed by atoms with van der Waals surface area (Å²) in [7, 11) is 0. The minimum Gasteiger partial charge on any atom is -0.327 e. The van der Waals surface area contributed by atoms with E-state index in [-0.39, 0.29) is 29.8 Å². The predicted octanol–water partition coefficient (Wildman–Crippen LogP) is 2.76. The largest absolute Gasteiger partial charge is 0.327 e. The summed E-state index contributed by atoms with van der Waals surface area (Å²) in [5, 5.41) is 3.49.